The van der Waals surface area contributed by atoms with Crippen LogP contribution in [0.1, 0.15) is 10.4 Å². The molecule has 2 aromatic heterocycles. The van der Waals surface area contributed by atoms with Crippen molar-refractivity contribution in [1.29, 1.82) is 0 Å². The van der Waals surface area contributed by atoms with Crippen molar-refractivity contribution in [2.24, 2.45) is 0 Å². The molecule has 8 heteroatoms. The lowest BCUT2D eigenvalue weighted by molar-refractivity contribution is 0.102. The molecule has 0 aliphatic carbocycles. The minimum Gasteiger partial charge on any atom is -0.454 e. The summed E-state index contributed by atoms with van der Waals surface area (Å²) in [6.07, 6.45) is 5.05. The second-order valence-electron chi connectivity index (χ2n) is 6.39. The van der Waals surface area contributed by atoms with E-state index in [2.05, 4.69) is 10.4 Å². The number of rotatable bonds is 4. The van der Waals surface area contributed by atoms with Crippen LogP contribution in [0, 0.1) is 5.82 Å². The number of halogens is 1. The fourth-order valence-electron chi connectivity index (χ4n) is 3.20. The molecule has 3 heterocycles. The Bertz CT molecular complexity index is 1200. The number of hydrogen-bond acceptors (Lipinski definition) is 4. The number of amides is 1. The Morgan fingerprint density at radius 1 is 1.03 bits per heavy atom. The largest absolute Gasteiger partial charge is 0.454 e. The maximum absolute atomic E-state index is 13.7. The Labute approximate surface area is 164 Å². The molecule has 0 saturated carbocycles. The molecule has 1 aliphatic rings. The van der Waals surface area contributed by atoms with E-state index in [-0.39, 0.29) is 18.5 Å². The highest BCUT2D eigenvalue weighted by Gasteiger charge is 2.21. The van der Waals surface area contributed by atoms with E-state index in [9.17, 15) is 9.18 Å². The lowest BCUT2D eigenvalue weighted by atomic mass is 10.2. The van der Waals surface area contributed by atoms with Gasteiger partial charge in [-0.2, -0.15) is 5.10 Å². The van der Waals surface area contributed by atoms with Crippen molar-refractivity contribution in [2.45, 2.75) is 0 Å². The summed E-state index contributed by atoms with van der Waals surface area (Å²) in [5.74, 6) is 0.968. The molecule has 0 atom stereocenters. The zero-order chi connectivity index (χ0) is 19.8. The van der Waals surface area contributed by atoms with Gasteiger partial charge in [0, 0.05) is 24.1 Å². The molecule has 1 aliphatic heterocycles. The van der Waals surface area contributed by atoms with Gasteiger partial charge in [0.25, 0.3) is 5.91 Å². The Morgan fingerprint density at radius 2 is 1.86 bits per heavy atom. The maximum atomic E-state index is 13.7. The van der Waals surface area contributed by atoms with Gasteiger partial charge in [0.1, 0.15) is 11.4 Å². The van der Waals surface area contributed by atoms with Gasteiger partial charge in [-0.1, -0.05) is 6.07 Å². The molecule has 7 nitrogen and oxygen atoms in total. The second-order valence-corrected chi connectivity index (χ2v) is 6.39. The van der Waals surface area contributed by atoms with Gasteiger partial charge in [0.05, 0.1) is 11.9 Å². The quantitative estimate of drug-likeness (QED) is 0.576. The highest BCUT2D eigenvalue weighted by atomic mass is 19.1. The van der Waals surface area contributed by atoms with Gasteiger partial charge in [-0.15, -0.1) is 0 Å². The van der Waals surface area contributed by atoms with Crippen LogP contribution in [0.2, 0.25) is 0 Å². The van der Waals surface area contributed by atoms with Crippen molar-refractivity contribution in [2.75, 3.05) is 12.1 Å². The molecular formula is C21H15FN4O3. The van der Waals surface area contributed by atoms with E-state index in [0.29, 0.717) is 34.3 Å². The van der Waals surface area contributed by atoms with E-state index in [4.69, 9.17) is 9.47 Å². The maximum Gasteiger partial charge on any atom is 0.261 e. The first-order valence-corrected chi connectivity index (χ1v) is 8.87. The van der Waals surface area contributed by atoms with Crippen LogP contribution in [0.3, 0.4) is 0 Å². The van der Waals surface area contributed by atoms with Crippen LogP contribution < -0.4 is 14.8 Å². The first kappa shape index (κ1) is 17.1. The molecular weight excluding hydrogens is 375 g/mol. The van der Waals surface area contributed by atoms with E-state index in [1.165, 1.54) is 23.0 Å². The fraction of sp³-hybridized carbons (Fsp3) is 0.0476. The standard InChI is InChI=1S/C21H15FN4O3/c22-14-4-3-5-16(10-14)26-21(25-8-1-2-9-25)17(12-23-26)20(27)24-15-6-7-18-19(11-15)29-13-28-18/h1-12H,13H2,(H,24,27). The Balaban J connectivity index is 1.54. The zero-order valence-corrected chi connectivity index (χ0v) is 15.1. The minimum atomic E-state index is -0.386. The van der Waals surface area contributed by atoms with Gasteiger partial charge in [-0.25, -0.2) is 9.07 Å². The molecule has 5 rings (SSSR count). The number of ether oxygens (including phenoxy) is 2. The second kappa shape index (κ2) is 6.83. The molecule has 0 unspecified atom stereocenters. The summed E-state index contributed by atoms with van der Waals surface area (Å²) >= 11 is 0. The first-order chi connectivity index (χ1) is 14.2. The highest BCUT2D eigenvalue weighted by molar-refractivity contribution is 6.06. The fourth-order valence-corrected chi connectivity index (χ4v) is 3.20. The number of anilines is 1. The normalized spacial score (nSPS) is 12.2. The molecule has 2 aromatic carbocycles. The summed E-state index contributed by atoms with van der Waals surface area (Å²) in [6, 6.07) is 14.9. The summed E-state index contributed by atoms with van der Waals surface area (Å²) < 4.78 is 27.7. The molecule has 144 valence electrons. The summed E-state index contributed by atoms with van der Waals surface area (Å²) in [7, 11) is 0. The van der Waals surface area contributed by atoms with Crippen molar-refractivity contribution in [3.8, 4) is 23.0 Å². The number of nitrogens with one attached hydrogen (secondary N) is 1. The molecule has 0 spiro atoms. The molecule has 0 bridgehead atoms. The van der Waals surface area contributed by atoms with Crippen molar-refractivity contribution < 1.29 is 18.7 Å². The summed E-state index contributed by atoms with van der Waals surface area (Å²) in [6.45, 7) is 0.158. The van der Waals surface area contributed by atoms with E-state index in [1.54, 1.807) is 47.3 Å². The molecule has 1 N–H and O–H groups in total. The van der Waals surface area contributed by atoms with Gasteiger partial charge in [0.15, 0.2) is 17.3 Å². The molecule has 4 aromatic rings. The van der Waals surface area contributed by atoms with Crippen LogP contribution in [0.5, 0.6) is 11.5 Å². The Hall–Kier alpha value is -4.07. The van der Waals surface area contributed by atoms with Crippen LogP contribution >= 0.6 is 0 Å². The predicted molar refractivity (Wildman–Crippen MR) is 103 cm³/mol. The summed E-state index contributed by atoms with van der Waals surface area (Å²) in [5.41, 5.74) is 1.41. The van der Waals surface area contributed by atoms with E-state index < -0.39 is 0 Å². The Kier molecular flexibility index (Phi) is 4.02. The third-order valence-corrected chi connectivity index (χ3v) is 4.52. The summed E-state index contributed by atoms with van der Waals surface area (Å²) in [5, 5.41) is 7.18. The molecule has 0 fully saturated rings. The van der Waals surface area contributed by atoms with E-state index in [0.717, 1.165) is 0 Å². The molecule has 0 saturated heterocycles. The van der Waals surface area contributed by atoms with Gasteiger partial charge in [-0.3, -0.25) is 4.79 Å². The number of carbonyl (C=O) groups is 1. The smallest absolute Gasteiger partial charge is 0.261 e. The number of fused-ring (bicyclic) bond motifs is 1. The van der Waals surface area contributed by atoms with E-state index >= 15 is 0 Å². The lowest BCUT2D eigenvalue weighted by Gasteiger charge is -2.11. The van der Waals surface area contributed by atoms with Gasteiger partial charge in [0.2, 0.25) is 6.79 Å². The monoisotopic (exact) mass is 390 g/mol. The van der Waals surface area contributed by atoms with Crippen molar-refractivity contribution in [3.05, 3.63) is 84.6 Å². The number of nitrogens with zero attached hydrogens (tertiary/aromatic N) is 3. The zero-order valence-electron chi connectivity index (χ0n) is 15.1. The Morgan fingerprint density at radius 3 is 2.69 bits per heavy atom. The molecule has 29 heavy (non-hydrogen) atoms. The van der Waals surface area contributed by atoms with Crippen molar-refractivity contribution in [1.82, 2.24) is 14.3 Å². The van der Waals surface area contributed by atoms with Crippen LogP contribution in [0.25, 0.3) is 11.5 Å². The van der Waals surface area contributed by atoms with Crippen molar-refractivity contribution in [3.63, 3.8) is 0 Å². The SMILES string of the molecule is O=C(Nc1ccc2c(c1)OCO2)c1cnn(-c2cccc(F)c2)c1-n1cccc1. The average molecular weight is 390 g/mol. The third kappa shape index (κ3) is 3.10. The lowest BCUT2D eigenvalue weighted by Crippen LogP contribution is -2.15. The molecule has 0 radical (unpaired) electrons. The van der Waals surface area contributed by atoms with Crippen LogP contribution in [-0.4, -0.2) is 27.0 Å². The van der Waals surface area contributed by atoms with Crippen LogP contribution in [0.15, 0.2) is 73.2 Å². The average Bonchev–Trinajstić information content (AvgIpc) is 3.46. The topological polar surface area (TPSA) is 70.3 Å². The van der Waals surface area contributed by atoms with Gasteiger partial charge < -0.3 is 19.4 Å². The predicted octanol–water partition coefficient (Wildman–Crippen LogP) is 3.78. The van der Waals surface area contributed by atoms with Crippen LogP contribution in [-0.2, 0) is 0 Å². The first-order valence-electron chi connectivity index (χ1n) is 8.87. The number of aromatic nitrogens is 3. The minimum absolute atomic E-state index is 0.158. The van der Waals surface area contributed by atoms with Gasteiger partial charge >= 0.3 is 0 Å². The number of carbonyl (C=O) groups excluding carboxylic acids is 1. The van der Waals surface area contributed by atoms with Gasteiger partial charge in [-0.05, 0) is 42.5 Å². The highest BCUT2D eigenvalue weighted by Crippen LogP contribution is 2.34. The third-order valence-electron chi connectivity index (χ3n) is 4.52. The van der Waals surface area contributed by atoms with Crippen molar-refractivity contribution >= 4 is 11.6 Å². The number of hydrogen-bond donors (Lipinski definition) is 1. The van der Waals surface area contributed by atoms with Crippen LogP contribution in [0.4, 0.5) is 10.1 Å². The van der Waals surface area contributed by atoms with E-state index in [1.807, 2.05) is 12.1 Å². The molecule has 1 amide bonds. The summed E-state index contributed by atoms with van der Waals surface area (Å²) in [4.78, 5) is 13.0. The number of benzene rings is 2.